The second-order valence-corrected chi connectivity index (χ2v) is 6.81. The molecule has 0 spiro atoms. The smallest absolute Gasteiger partial charge is 0.173 e. The molecule has 1 atom stereocenters. The topological polar surface area (TPSA) is 24.5 Å². The fourth-order valence-corrected chi connectivity index (χ4v) is 3.33. The van der Waals surface area contributed by atoms with E-state index in [2.05, 4.69) is 5.32 Å². The molecule has 0 aromatic heterocycles. The standard InChI is InChI=1S/C19H20ClFN2OS/c20-17-9-4-10-18(21)16(17)13-23(12-15-8-5-11-24-15)19(25)22-14-6-2-1-3-7-14/h1-4,6-7,9-10,15H,5,8,11-13H2,(H,22,25)/t15-/m0/s1. The van der Waals surface area contributed by atoms with Gasteiger partial charge < -0.3 is 15.0 Å². The highest BCUT2D eigenvalue weighted by atomic mass is 35.5. The van der Waals surface area contributed by atoms with E-state index in [4.69, 9.17) is 28.6 Å². The highest BCUT2D eigenvalue weighted by molar-refractivity contribution is 7.80. The summed E-state index contributed by atoms with van der Waals surface area (Å²) in [5, 5.41) is 4.14. The Bertz CT molecular complexity index is 702. The molecule has 6 heteroatoms. The summed E-state index contributed by atoms with van der Waals surface area (Å²) < 4.78 is 19.9. The minimum Gasteiger partial charge on any atom is -0.376 e. The Morgan fingerprint density at radius 2 is 2.04 bits per heavy atom. The molecule has 0 amide bonds. The van der Waals surface area contributed by atoms with E-state index >= 15 is 0 Å². The molecule has 1 N–H and O–H groups in total. The Morgan fingerprint density at radius 1 is 1.24 bits per heavy atom. The van der Waals surface area contributed by atoms with Crippen molar-refractivity contribution in [2.75, 3.05) is 18.5 Å². The highest BCUT2D eigenvalue weighted by Gasteiger charge is 2.22. The van der Waals surface area contributed by atoms with Crippen molar-refractivity contribution >= 4 is 34.6 Å². The SMILES string of the molecule is Fc1cccc(Cl)c1CN(C[C@@H]1CCCO1)C(=S)Nc1ccccc1. The molecular formula is C19H20ClFN2OS. The number of nitrogens with zero attached hydrogens (tertiary/aromatic N) is 1. The number of hydrogen-bond donors (Lipinski definition) is 1. The Labute approximate surface area is 157 Å². The zero-order valence-corrected chi connectivity index (χ0v) is 15.3. The van der Waals surface area contributed by atoms with Gasteiger partial charge in [-0.2, -0.15) is 0 Å². The molecule has 1 aliphatic heterocycles. The average Bonchev–Trinajstić information content (AvgIpc) is 3.11. The summed E-state index contributed by atoms with van der Waals surface area (Å²) in [6.45, 7) is 1.66. The van der Waals surface area contributed by atoms with Gasteiger partial charge in [0.05, 0.1) is 6.10 Å². The van der Waals surface area contributed by atoms with Gasteiger partial charge in [-0.3, -0.25) is 0 Å². The zero-order valence-electron chi connectivity index (χ0n) is 13.8. The summed E-state index contributed by atoms with van der Waals surface area (Å²) in [6.07, 6.45) is 2.12. The summed E-state index contributed by atoms with van der Waals surface area (Å²) in [6, 6.07) is 14.4. The molecule has 132 valence electrons. The van der Waals surface area contributed by atoms with Crippen LogP contribution in [0.5, 0.6) is 0 Å². The van der Waals surface area contributed by atoms with Crippen LogP contribution in [0.15, 0.2) is 48.5 Å². The van der Waals surface area contributed by atoms with Gasteiger partial charge >= 0.3 is 0 Å². The van der Waals surface area contributed by atoms with Crippen LogP contribution >= 0.6 is 23.8 Å². The Kier molecular flexibility index (Phi) is 6.24. The molecule has 1 heterocycles. The largest absolute Gasteiger partial charge is 0.376 e. The van der Waals surface area contributed by atoms with Crippen LogP contribution in [-0.4, -0.2) is 29.3 Å². The zero-order chi connectivity index (χ0) is 17.6. The predicted octanol–water partition coefficient (Wildman–Crippen LogP) is 4.86. The van der Waals surface area contributed by atoms with E-state index in [0.717, 1.165) is 25.1 Å². The van der Waals surface area contributed by atoms with Gasteiger partial charge in [-0.1, -0.05) is 35.9 Å². The minimum atomic E-state index is -0.327. The molecule has 3 nitrogen and oxygen atoms in total. The molecule has 0 bridgehead atoms. The van der Waals surface area contributed by atoms with Crippen molar-refractivity contribution in [2.45, 2.75) is 25.5 Å². The predicted molar refractivity (Wildman–Crippen MR) is 103 cm³/mol. The molecule has 2 aromatic carbocycles. The van der Waals surface area contributed by atoms with Gasteiger partial charge in [0, 0.05) is 36.0 Å². The molecular weight excluding hydrogens is 359 g/mol. The lowest BCUT2D eigenvalue weighted by atomic mass is 10.1. The summed E-state index contributed by atoms with van der Waals surface area (Å²) in [5.74, 6) is -0.327. The van der Waals surface area contributed by atoms with Gasteiger partial charge in [-0.15, -0.1) is 0 Å². The van der Waals surface area contributed by atoms with E-state index in [1.54, 1.807) is 12.1 Å². The quantitative estimate of drug-likeness (QED) is 0.751. The first kappa shape index (κ1) is 18.1. The Balaban J connectivity index is 1.77. The summed E-state index contributed by atoms with van der Waals surface area (Å²) in [5.41, 5.74) is 1.34. The van der Waals surface area contributed by atoms with Crippen LogP contribution in [0.2, 0.25) is 5.02 Å². The van der Waals surface area contributed by atoms with Crippen LogP contribution in [0.4, 0.5) is 10.1 Å². The highest BCUT2D eigenvalue weighted by Crippen LogP contribution is 2.23. The van der Waals surface area contributed by atoms with Gasteiger partial charge in [0.1, 0.15) is 5.82 Å². The normalized spacial score (nSPS) is 16.6. The third-order valence-corrected chi connectivity index (χ3v) is 4.89. The first-order chi connectivity index (χ1) is 12.1. The lowest BCUT2D eigenvalue weighted by molar-refractivity contribution is 0.0903. The van der Waals surface area contributed by atoms with Gasteiger partial charge in [0.25, 0.3) is 0 Å². The third kappa shape index (κ3) is 4.91. The second-order valence-electron chi connectivity index (χ2n) is 6.01. The summed E-state index contributed by atoms with van der Waals surface area (Å²) >= 11 is 11.8. The van der Waals surface area contributed by atoms with Crippen molar-refractivity contribution < 1.29 is 9.13 Å². The molecule has 3 rings (SSSR count). The first-order valence-corrected chi connectivity index (χ1v) is 9.07. The third-order valence-electron chi connectivity index (χ3n) is 4.17. The van der Waals surface area contributed by atoms with Crippen LogP contribution in [-0.2, 0) is 11.3 Å². The molecule has 0 aliphatic carbocycles. The number of rotatable bonds is 5. The monoisotopic (exact) mass is 378 g/mol. The van der Waals surface area contributed by atoms with Crippen molar-refractivity contribution in [3.05, 3.63) is 64.9 Å². The Hall–Kier alpha value is -1.69. The summed E-state index contributed by atoms with van der Waals surface area (Å²) in [7, 11) is 0. The maximum absolute atomic E-state index is 14.2. The number of thiocarbonyl (C=S) groups is 1. The van der Waals surface area contributed by atoms with E-state index in [9.17, 15) is 4.39 Å². The van der Waals surface area contributed by atoms with Gasteiger partial charge in [-0.05, 0) is 49.3 Å². The summed E-state index contributed by atoms with van der Waals surface area (Å²) in [4.78, 5) is 1.92. The maximum atomic E-state index is 14.2. The van der Waals surface area contributed by atoms with Gasteiger partial charge in [0.15, 0.2) is 5.11 Å². The van der Waals surface area contributed by atoms with E-state index in [1.807, 2.05) is 35.2 Å². The molecule has 1 fully saturated rings. The van der Waals surface area contributed by atoms with Crippen molar-refractivity contribution in [1.82, 2.24) is 4.90 Å². The van der Waals surface area contributed by atoms with Crippen molar-refractivity contribution in [1.29, 1.82) is 0 Å². The Morgan fingerprint density at radius 3 is 2.72 bits per heavy atom. The fraction of sp³-hybridized carbons (Fsp3) is 0.316. The molecule has 2 aromatic rings. The molecule has 1 aliphatic rings. The number of para-hydroxylation sites is 1. The van der Waals surface area contributed by atoms with E-state index in [-0.39, 0.29) is 11.9 Å². The van der Waals surface area contributed by atoms with Crippen molar-refractivity contribution in [3.8, 4) is 0 Å². The van der Waals surface area contributed by atoms with Gasteiger partial charge in [-0.25, -0.2) is 4.39 Å². The van der Waals surface area contributed by atoms with Crippen LogP contribution < -0.4 is 5.32 Å². The van der Waals surface area contributed by atoms with Crippen LogP contribution in [0.1, 0.15) is 18.4 Å². The lowest BCUT2D eigenvalue weighted by Gasteiger charge is -2.29. The number of ether oxygens (including phenoxy) is 1. The molecule has 25 heavy (non-hydrogen) atoms. The lowest BCUT2D eigenvalue weighted by Crippen LogP contribution is -2.39. The van der Waals surface area contributed by atoms with E-state index in [0.29, 0.717) is 28.8 Å². The van der Waals surface area contributed by atoms with Crippen LogP contribution in [0.25, 0.3) is 0 Å². The van der Waals surface area contributed by atoms with Gasteiger partial charge in [0.2, 0.25) is 0 Å². The fourth-order valence-electron chi connectivity index (χ4n) is 2.85. The number of hydrogen-bond acceptors (Lipinski definition) is 2. The molecule has 0 radical (unpaired) electrons. The van der Waals surface area contributed by atoms with Crippen molar-refractivity contribution in [3.63, 3.8) is 0 Å². The molecule has 1 saturated heterocycles. The second kappa shape index (κ2) is 8.61. The number of nitrogens with one attached hydrogen (secondary N) is 1. The molecule has 0 unspecified atom stereocenters. The van der Waals surface area contributed by atoms with Crippen LogP contribution in [0, 0.1) is 5.82 Å². The first-order valence-electron chi connectivity index (χ1n) is 8.29. The van der Waals surface area contributed by atoms with Crippen molar-refractivity contribution in [2.24, 2.45) is 0 Å². The maximum Gasteiger partial charge on any atom is 0.173 e. The van der Waals surface area contributed by atoms with E-state index in [1.165, 1.54) is 6.07 Å². The minimum absolute atomic E-state index is 0.0982. The number of anilines is 1. The van der Waals surface area contributed by atoms with Crippen LogP contribution in [0.3, 0.4) is 0 Å². The number of benzene rings is 2. The average molecular weight is 379 g/mol. The number of halogens is 2. The molecule has 0 saturated carbocycles. The van der Waals surface area contributed by atoms with E-state index < -0.39 is 0 Å².